The standard InChI is InChI=1S/C21H24FN3O2/c1-14(13-27-17-9-7-16(22)8-10-17)24-21(26)23-12-11-18-15(2)25-20-6-4-3-5-19(18)20/h3-10,14,25H,11-13H2,1-2H3,(H2,23,24,26). The lowest BCUT2D eigenvalue weighted by molar-refractivity contribution is 0.226. The van der Waals surface area contributed by atoms with Gasteiger partial charge in [0.1, 0.15) is 18.2 Å². The zero-order chi connectivity index (χ0) is 19.2. The van der Waals surface area contributed by atoms with Crippen molar-refractivity contribution in [3.63, 3.8) is 0 Å². The van der Waals surface area contributed by atoms with E-state index in [-0.39, 0.29) is 17.9 Å². The number of amides is 2. The number of hydrogen-bond donors (Lipinski definition) is 3. The van der Waals surface area contributed by atoms with E-state index in [4.69, 9.17) is 4.74 Å². The van der Waals surface area contributed by atoms with Gasteiger partial charge in [0, 0.05) is 23.1 Å². The molecule has 1 unspecified atom stereocenters. The van der Waals surface area contributed by atoms with Crippen molar-refractivity contribution in [1.29, 1.82) is 0 Å². The van der Waals surface area contributed by atoms with Crippen LogP contribution in [0.25, 0.3) is 10.9 Å². The average molecular weight is 369 g/mol. The van der Waals surface area contributed by atoms with Crippen LogP contribution in [-0.4, -0.2) is 30.2 Å². The Morgan fingerprint density at radius 3 is 2.70 bits per heavy atom. The molecule has 0 aliphatic heterocycles. The minimum Gasteiger partial charge on any atom is -0.491 e. The number of halogens is 1. The number of aromatic amines is 1. The maximum atomic E-state index is 12.9. The van der Waals surface area contributed by atoms with Gasteiger partial charge in [0.25, 0.3) is 0 Å². The minimum absolute atomic E-state index is 0.176. The summed E-state index contributed by atoms with van der Waals surface area (Å²) in [5, 5.41) is 6.91. The lowest BCUT2D eigenvalue weighted by atomic mass is 10.1. The summed E-state index contributed by atoms with van der Waals surface area (Å²) in [6.45, 7) is 4.75. The number of carbonyl (C=O) groups excluding carboxylic acids is 1. The van der Waals surface area contributed by atoms with Crippen LogP contribution in [-0.2, 0) is 6.42 Å². The predicted molar refractivity (Wildman–Crippen MR) is 105 cm³/mol. The fourth-order valence-electron chi connectivity index (χ4n) is 3.03. The molecule has 27 heavy (non-hydrogen) atoms. The molecule has 6 heteroatoms. The predicted octanol–water partition coefficient (Wildman–Crippen LogP) is 3.92. The number of rotatable bonds is 7. The molecule has 0 aliphatic carbocycles. The summed E-state index contributed by atoms with van der Waals surface area (Å²) in [5.74, 6) is 0.263. The minimum atomic E-state index is -0.307. The molecule has 1 atom stereocenters. The molecular weight excluding hydrogens is 345 g/mol. The van der Waals surface area contributed by atoms with Gasteiger partial charge in [0.05, 0.1) is 6.04 Å². The second-order valence-corrected chi connectivity index (χ2v) is 6.59. The first-order valence-electron chi connectivity index (χ1n) is 9.02. The van der Waals surface area contributed by atoms with E-state index in [1.54, 1.807) is 12.1 Å². The number of benzene rings is 2. The van der Waals surface area contributed by atoms with Gasteiger partial charge in [0.2, 0.25) is 0 Å². The lowest BCUT2D eigenvalue weighted by Gasteiger charge is -2.15. The maximum Gasteiger partial charge on any atom is 0.315 e. The van der Waals surface area contributed by atoms with E-state index in [9.17, 15) is 9.18 Å². The number of H-pyrrole nitrogens is 1. The average Bonchev–Trinajstić information content (AvgIpc) is 2.97. The van der Waals surface area contributed by atoms with Crippen LogP contribution in [0.3, 0.4) is 0 Å². The van der Waals surface area contributed by atoms with Crippen LogP contribution in [0.2, 0.25) is 0 Å². The summed E-state index contributed by atoms with van der Waals surface area (Å²) >= 11 is 0. The van der Waals surface area contributed by atoms with Crippen LogP contribution in [0.15, 0.2) is 48.5 Å². The van der Waals surface area contributed by atoms with Crippen molar-refractivity contribution in [2.75, 3.05) is 13.2 Å². The molecule has 3 aromatic rings. The zero-order valence-electron chi connectivity index (χ0n) is 15.5. The van der Waals surface area contributed by atoms with Crippen LogP contribution >= 0.6 is 0 Å². The Labute approximate surface area is 157 Å². The van der Waals surface area contributed by atoms with E-state index in [0.29, 0.717) is 18.9 Å². The summed E-state index contributed by atoms with van der Waals surface area (Å²) in [4.78, 5) is 15.4. The normalized spacial score (nSPS) is 12.0. The van der Waals surface area contributed by atoms with Gasteiger partial charge in [-0.1, -0.05) is 18.2 Å². The lowest BCUT2D eigenvalue weighted by Crippen LogP contribution is -2.43. The molecule has 5 nitrogen and oxygen atoms in total. The van der Waals surface area contributed by atoms with Crippen molar-refractivity contribution < 1.29 is 13.9 Å². The smallest absolute Gasteiger partial charge is 0.315 e. The molecule has 0 bridgehead atoms. The van der Waals surface area contributed by atoms with E-state index in [1.165, 1.54) is 23.1 Å². The van der Waals surface area contributed by atoms with E-state index >= 15 is 0 Å². The van der Waals surface area contributed by atoms with Crippen molar-refractivity contribution in [3.05, 3.63) is 65.6 Å². The second kappa shape index (κ2) is 8.58. The SMILES string of the molecule is Cc1[nH]c2ccccc2c1CCNC(=O)NC(C)COc1ccc(F)cc1. The quantitative estimate of drug-likeness (QED) is 0.591. The fourth-order valence-corrected chi connectivity index (χ4v) is 3.03. The Kier molecular flexibility index (Phi) is 5.96. The van der Waals surface area contributed by atoms with E-state index < -0.39 is 0 Å². The monoisotopic (exact) mass is 369 g/mol. The number of urea groups is 1. The van der Waals surface area contributed by atoms with Crippen LogP contribution in [0.4, 0.5) is 9.18 Å². The zero-order valence-corrected chi connectivity index (χ0v) is 15.5. The molecule has 0 fully saturated rings. The van der Waals surface area contributed by atoms with Gasteiger partial charge in [0.15, 0.2) is 0 Å². The number of hydrogen-bond acceptors (Lipinski definition) is 2. The van der Waals surface area contributed by atoms with E-state index in [0.717, 1.165) is 17.6 Å². The molecule has 3 N–H and O–H groups in total. The van der Waals surface area contributed by atoms with Gasteiger partial charge in [-0.3, -0.25) is 0 Å². The molecule has 0 aliphatic rings. The van der Waals surface area contributed by atoms with Crippen LogP contribution in [0.1, 0.15) is 18.2 Å². The molecular formula is C21H24FN3O2. The molecule has 0 saturated heterocycles. The van der Waals surface area contributed by atoms with Crippen molar-refractivity contribution in [2.45, 2.75) is 26.3 Å². The number of ether oxygens (including phenoxy) is 1. The molecule has 2 aromatic carbocycles. The summed E-state index contributed by atoms with van der Waals surface area (Å²) in [7, 11) is 0. The van der Waals surface area contributed by atoms with Crippen LogP contribution in [0.5, 0.6) is 5.75 Å². The molecule has 0 saturated carbocycles. The largest absolute Gasteiger partial charge is 0.491 e. The Balaban J connectivity index is 1.42. The number of aryl methyl sites for hydroxylation is 1. The van der Waals surface area contributed by atoms with Gasteiger partial charge in [-0.15, -0.1) is 0 Å². The third kappa shape index (κ3) is 5.00. The van der Waals surface area contributed by atoms with Crippen molar-refractivity contribution >= 4 is 16.9 Å². The topological polar surface area (TPSA) is 66.2 Å². The van der Waals surface area contributed by atoms with Gasteiger partial charge >= 0.3 is 6.03 Å². The second-order valence-electron chi connectivity index (χ2n) is 6.59. The summed E-state index contributed by atoms with van der Waals surface area (Å²) in [5.41, 5.74) is 3.46. The first-order valence-corrected chi connectivity index (χ1v) is 9.02. The number of carbonyl (C=O) groups is 1. The van der Waals surface area contributed by atoms with Crippen molar-refractivity contribution in [2.24, 2.45) is 0 Å². The van der Waals surface area contributed by atoms with Gasteiger partial charge in [-0.05, 0) is 56.2 Å². The molecule has 2 amide bonds. The fraction of sp³-hybridized carbons (Fsp3) is 0.286. The third-order valence-electron chi connectivity index (χ3n) is 4.38. The molecule has 1 aromatic heterocycles. The molecule has 3 rings (SSSR count). The summed E-state index contributed by atoms with van der Waals surface area (Å²) in [6, 6.07) is 13.5. The van der Waals surface area contributed by atoms with Gasteiger partial charge in [-0.25, -0.2) is 9.18 Å². The van der Waals surface area contributed by atoms with E-state index in [2.05, 4.69) is 27.8 Å². The van der Waals surface area contributed by atoms with Crippen LogP contribution < -0.4 is 15.4 Å². The molecule has 0 spiro atoms. The number of para-hydroxylation sites is 1. The van der Waals surface area contributed by atoms with E-state index in [1.807, 2.05) is 26.0 Å². The first kappa shape index (κ1) is 18.8. The van der Waals surface area contributed by atoms with Gasteiger partial charge in [-0.2, -0.15) is 0 Å². The highest BCUT2D eigenvalue weighted by Gasteiger charge is 2.10. The molecule has 142 valence electrons. The van der Waals surface area contributed by atoms with Crippen LogP contribution in [0, 0.1) is 12.7 Å². The number of aromatic nitrogens is 1. The van der Waals surface area contributed by atoms with Crippen molar-refractivity contribution in [1.82, 2.24) is 15.6 Å². The highest BCUT2D eigenvalue weighted by molar-refractivity contribution is 5.84. The number of fused-ring (bicyclic) bond motifs is 1. The Bertz CT molecular complexity index is 905. The Morgan fingerprint density at radius 1 is 1.19 bits per heavy atom. The third-order valence-corrected chi connectivity index (χ3v) is 4.38. The Hall–Kier alpha value is -3.02. The first-order chi connectivity index (χ1) is 13.0. The highest BCUT2D eigenvalue weighted by atomic mass is 19.1. The molecule has 1 heterocycles. The highest BCUT2D eigenvalue weighted by Crippen LogP contribution is 2.21. The maximum absolute atomic E-state index is 12.9. The van der Waals surface area contributed by atoms with Crippen molar-refractivity contribution in [3.8, 4) is 5.75 Å². The number of nitrogens with one attached hydrogen (secondary N) is 3. The summed E-state index contributed by atoms with van der Waals surface area (Å²) in [6.07, 6.45) is 0.754. The summed E-state index contributed by atoms with van der Waals surface area (Å²) < 4.78 is 18.4. The Morgan fingerprint density at radius 2 is 1.93 bits per heavy atom. The molecule has 0 radical (unpaired) electrons. The van der Waals surface area contributed by atoms with Gasteiger partial charge < -0.3 is 20.4 Å².